The van der Waals surface area contributed by atoms with Crippen molar-refractivity contribution in [3.8, 4) is 5.75 Å². The van der Waals surface area contributed by atoms with Crippen LogP contribution in [0.25, 0.3) is 0 Å². The van der Waals surface area contributed by atoms with Crippen LogP contribution in [-0.4, -0.2) is 64.5 Å². The Labute approximate surface area is 226 Å². The monoisotopic (exact) mass is 536 g/mol. The first kappa shape index (κ1) is 30.8. The fourth-order valence-electron chi connectivity index (χ4n) is 3.83. The van der Waals surface area contributed by atoms with Crippen LogP contribution in [-0.2, 0) is 20.8 Å². The first-order valence-electron chi connectivity index (χ1n) is 12.9. The van der Waals surface area contributed by atoms with Crippen molar-refractivity contribution in [1.29, 1.82) is 0 Å². The number of hydrogen-bond donors (Lipinski definition) is 0. The number of carbonyl (C=O) groups is 3. The van der Waals surface area contributed by atoms with Crippen LogP contribution in [0.3, 0.4) is 0 Å². The molecule has 0 bridgehead atoms. The minimum absolute atomic E-state index is 0.0239. The quantitative estimate of drug-likeness (QED) is 0.358. The zero-order valence-corrected chi connectivity index (χ0v) is 24.7. The Kier molecular flexibility index (Phi) is 10.7. The molecular weight excluding hydrogens is 492 g/mol. The first-order chi connectivity index (χ1) is 17.0. The van der Waals surface area contributed by atoms with Crippen LogP contribution >= 0.6 is 11.8 Å². The molecular formula is C28H44N2O6S. The molecule has 8 nitrogen and oxygen atoms in total. The lowest BCUT2D eigenvalue weighted by atomic mass is 10.1. The Hall–Kier alpha value is -2.42. The van der Waals surface area contributed by atoms with Gasteiger partial charge in [0.2, 0.25) is 0 Å². The number of nitrogens with zero attached hydrogens (tertiary/aromatic N) is 2. The summed E-state index contributed by atoms with van der Waals surface area (Å²) in [6.45, 7) is 19.1. The maximum atomic E-state index is 13.2. The summed E-state index contributed by atoms with van der Waals surface area (Å²) in [6.07, 6.45) is 0.0128. The Morgan fingerprint density at radius 1 is 1.05 bits per heavy atom. The van der Waals surface area contributed by atoms with Crippen LogP contribution in [0.4, 0.5) is 9.59 Å². The Morgan fingerprint density at radius 3 is 2.27 bits per heavy atom. The molecule has 37 heavy (non-hydrogen) atoms. The predicted octanol–water partition coefficient (Wildman–Crippen LogP) is 6.35. The van der Waals surface area contributed by atoms with Gasteiger partial charge in [-0.1, -0.05) is 25.6 Å². The molecule has 2 rings (SSSR count). The highest BCUT2D eigenvalue weighted by Crippen LogP contribution is 2.28. The van der Waals surface area contributed by atoms with Gasteiger partial charge in [-0.2, -0.15) is 0 Å². The lowest BCUT2D eigenvalue weighted by molar-refractivity contribution is -0.109. The molecule has 0 radical (unpaired) electrons. The molecule has 2 amide bonds. The second-order valence-corrected chi connectivity index (χ2v) is 13.3. The third kappa shape index (κ3) is 11.7. The van der Waals surface area contributed by atoms with E-state index in [9.17, 15) is 14.4 Å². The van der Waals surface area contributed by atoms with Crippen LogP contribution < -0.4 is 4.74 Å². The van der Waals surface area contributed by atoms with E-state index in [1.54, 1.807) is 9.80 Å². The second kappa shape index (κ2) is 12.9. The Morgan fingerprint density at radius 2 is 1.70 bits per heavy atom. The molecule has 1 aromatic rings. The number of hydrogen-bond acceptors (Lipinski definition) is 7. The minimum Gasteiger partial charge on any atom is -0.493 e. The van der Waals surface area contributed by atoms with Gasteiger partial charge in [0.15, 0.2) is 5.12 Å². The summed E-state index contributed by atoms with van der Waals surface area (Å²) in [5.74, 6) is 1.10. The summed E-state index contributed by atoms with van der Waals surface area (Å²) in [7, 11) is 0. The molecule has 0 aromatic heterocycles. The summed E-state index contributed by atoms with van der Waals surface area (Å²) >= 11 is 1.14. The fourth-order valence-corrected chi connectivity index (χ4v) is 4.55. The summed E-state index contributed by atoms with van der Waals surface area (Å²) in [5, 5.41) is -0.0239. The van der Waals surface area contributed by atoms with E-state index < -0.39 is 17.3 Å². The van der Waals surface area contributed by atoms with Crippen LogP contribution in [0, 0.1) is 11.8 Å². The number of ether oxygens (including phenoxy) is 3. The number of likely N-dealkylation sites (tertiary alicyclic amines) is 1. The smallest absolute Gasteiger partial charge is 0.410 e. The van der Waals surface area contributed by atoms with E-state index in [4.69, 9.17) is 14.2 Å². The van der Waals surface area contributed by atoms with Gasteiger partial charge in [-0.15, -0.1) is 0 Å². The van der Waals surface area contributed by atoms with Crippen LogP contribution in [0.1, 0.15) is 74.3 Å². The van der Waals surface area contributed by atoms with Crippen molar-refractivity contribution in [3.63, 3.8) is 0 Å². The van der Waals surface area contributed by atoms with Gasteiger partial charge >= 0.3 is 12.2 Å². The van der Waals surface area contributed by atoms with Crippen LogP contribution in [0.15, 0.2) is 23.1 Å². The highest BCUT2D eigenvalue weighted by atomic mass is 32.2. The molecule has 208 valence electrons. The number of carbonyl (C=O) groups excluding carboxylic acids is 3. The number of thioether (sulfide) groups is 1. The molecule has 9 heteroatoms. The molecule has 0 spiro atoms. The largest absolute Gasteiger partial charge is 0.493 e. The van der Waals surface area contributed by atoms with Crippen molar-refractivity contribution in [2.45, 2.75) is 91.4 Å². The van der Waals surface area contributed by atoms with Gasteiger partial charge in [0, 0.05) is 38.0 Å². The number of rotatable bonds is 8. The molecule has 1 fully saturated rings. The molecule has 1 heterocycles. The van der Waals surface area contributed by atoms with E-state index in [-0.39, 0.29) is 17.1 Å². The summed E-state index contributed by atoms with van der Waals surface area (Å²) in [4.78, 5) is 41.7. The first-order valence-corrected chi connectivity index (χ1v) is 13.7. The maximum Gasteiger partial charge on any atom is 0.410 e. The van der Waals surface area contributed by atoms with Crippen molar-refractivity contribution < 1.29 is 28.6 Å². The van der Waals surface area contributed by atoms with E-state index in [0.29, 0.717) is 44.5 Å². The van der Waals surface area contributed by atoms with Crippen molar-refractivity contribution in [1.82, 2.24) is 9.80 Å². The van der Waals surface area contributed by atoms with E-state index in [2.05, 4.69) is 13.8 Å². The number of benzene rings is 1. The normalized spacial score (nSPS) is 16.1. The van der Waals surface area contributed by atoms with E-state index in [0.717, 1.165) is 28.6 Å². The molecule has 1 aromatic carbocycles. The molecule has 1 unspecified atom stereocenters. The van der Waals surface area contributed by atoms with E-state index >= 15 is 0 Å². The van der Waals surface area contributed by atoms with Gasteiger partial charge in [0.1, 0.15) is 17.0 Å². The lowest BCUT2D eigenvalue weighted by Gasteiger charge is -2.30. The zero-order valence-electron chi connectivity index (χ0n) is 23.9. The molecule has 1 aliphatic rings. The van der Waals surface area contributed by atoms with Crippen molar-refractivity contribution in [2.24, 2.45) is 11.8 Å². The molecule has 0 aliphatic carbocycles. The summed E-state index contributed by atoms with van der Waals surface area (Å²) in [6, 6.07) is 5.67. The highest BCUT2D eigenvalue weighted by molar-refractivity contribution is 8.13. The molecule has 0 N–H and O–H groups in total. The molecule has 1 aliphatic heterocycles. The van der Waals surface area contributed by atoms with Gasteiger partial charge in [-0.25, -0.2) is 9.59 Å². The zero-order chi connectivity index (χ0) is 28.0. The third-order valence-electron chi connectivity index (χ3n) is 5.23. The lowest BCUT2D eigenvalue weighted by Crippen LogP contribution is -2.40. The van der Waals surface area contributed by atoms with Crippen molar-refractivity contribution in [3.05, 3.63) is 23.8 Å². The third-order valence-corrected chi connectivity index (χ3v) is 5.98. The summed E-state index contributed by atoms with van der Waals surface area (Å²) < 4.78 is 17.2. The topological polar surface area (TPSA) is 85.4 Å². The minimum atomic E-state index is -0.647. The average Bonchev–Trinajstić information content (AvgIpc) is 3.17. The van der Waals surface area contributed by atoms with Crippen LogP contribution in [0.2, 0.25) is 0 Å². The standard InChI is InChI=1S/C28H44N2O6S/c1-19(2)18-34-23-12-22(13-24(14-23)37-20(3)31)17-30(26(33)36-28(7,8)9)16-21-10-11-29(15-21)25(32)35-27(4,5)6/h12-14,19,21H,10-11,15-18H2,1-9H3. The van der Waals surface area contributed by atoms with Gasteiger partial charge in [-0.3, -0.25) is 4.79 Å². The number of amides is 2. The molecule has 1 atom stereocenters. The summed E-state index contributed by atoms with van der Waals surface area (Å²) in [5.41, 5.74) is -0.362. The fraction of sp³-hybridized carbons (Fsp3) is 0.679. The predicted molar refractivity (Wildman–Crippen MR) is 146 cm³/mol. The van der Waals surface area contributed by atoms with E-state index in [1.165, 1.54) is 6.92 Å². The highest BCUT2D eigenvalue weighted by Gasteiger charge is 2.33. The van der Waals surface area contributed by atoms with Gasteiger partial charge in [-0.05, 0) is 83.6 Å². The van der Waals surface area contributed by atoms with Gasteiger partial charge < -0.3 is 24.0 Å². The molecule has 1 saturated heterocycles. The van der Waals surface area contributed by atoms with Crippen molar-refractivity contribution >= 4 is 29.1 Å². The molecule has 0 saturated carbocycles. The average molecular weight is 537 g/mol. The Bertz CT molecular complexity index is 951. The van der Waals surface area contributed by atoms with Gasteiger partial charge in [0.25, 0.3) is 0 Å². The maximum absolute atomic E-state index is 13.2. The second-order valence-electron chi connectivity index (χ2n) is 12.1. The van der Waals surface area contributed by atoms with Gasteiger partial charge in [0.05, 0.1) is 6.61 Å². The Balaban J connectivity index is 2.24. The van der Waals surface area contributed by atoms with E-state index in [1.807, 2.05) is 59.7 Å². The SMILES string of the molecule is CC(=O)Sc1cc(CN(CC2CCN(C(=O)OC(C)(C)C)C2)C(=O)OC(C)(C)C)cc(OCC(C)C)c1. The van der Waals surface area contributed by atoms with Crippen molar-refractivity contribution in [2.75, 3.05) is 26.2 Å². The van der Waals surface area contributed by atoms with Crippen LogP contribution in [0.5, 0.6) is 5.75 Å².